The molecule has 1 saturated carbocycles. The number of amides is 2. The van der Waals surface area contributed by atoms with Gasteiger partial charge in [-0.05, 0) is 37.5 Å². The summed E-state index contributed by atoms with van der Waals surface area (Å²) in [4.78, 5) is 26.1. The quantitative estimate of drug-likeness (QED) is 0.838. The van der Waals surface area contributed by atoms with Crippen LogP contribution in [0, 0.1) is 18.3 Å². The number of nitrogens with zero attached hydrogens (tertiary/aromatic N) is 3. The summed E-state index contributed by atoms with van der Waals surface area (Å²) in [6.07, 6.45) is 5.19. The number of aryl methyl sites for hydroxylation is 1. The van der Waals surface area contributed by atoms with Crippen LogP contribution < -0.4 is 15.5 Å². The lowest BCUT2D eigenvalue weighted by Gasteiger charge is -2.35. The SMILES string of the molecule is Cc1nnc(N2CC[C@@H](NC(=O)C3CCC4(CC3)CNC(=O)C4)C2)o1. The Labute approximate surface area is 146 Å². The van der Waals surface area contributed by atoms with Gasteiger partial charge in [0.1, 0.15) is 0 Å². The van der Waals surface area contributed by atoms with Crippen LogP contribution in [0.4, 0.5) is 6.01 Å². The summed E-state index contributed by atoms with van der Waals surface area (Å²) in [5.74, 6) is 0.936. The Balaban J connectivity index is 1.26. The number of aromatic nitrogens is 2. The molecule has 3 heterocycles. The van der Waals surface area contributed by atoms with E-state index >= 15 is 0 Å². The lowest BCUT2D eigenvalue weighted by molar-refractivity contribution is -0.127. The van der Waals surface area contributed by atoms with E-state index in [0.717, 1.165) is 45.2 Å². The molecule has 2 N–H and O–H groups in total. The molecule has 4 rings (SSSR count). The number of carbonyl (C=O) groups is 2. The van der Waals surface area contributed by atoms with E-state index in [2.05, 4.69) is 20.8 Å². The van der Waals surface area contributed by atoms with Gasteiger partial charge in [-0.3, -0.25) is 9.59 Å². The Morgan fingerprint density at radius 2 is 2.12 bits per heavy atom. The molecule has 2 amide bonds. The summed E-state index contributed by atoms with van der Waals surface area (Å²) in [7, 11) is 0. The molecule has 8 nitrogen and oxygen atoms in total. The van der Waals surface area contributed by atoms with Crippen molar-refractivity contribution >= 4 is 17.8 Å². The number of hydrogen-bond acceptors (Lipinski definition) is 6. The minimum absolute atomic E-state index is 0.0704. The van der Waals surface area contributed by atoms with Crippen molar-refractivity contribution in [2.75, 3.05) is 24.5 Å². The highest BCUT2D eigenvalue weighted by Gasteiger charge is 2.42. The molecule has 1 aromatic heterocycles. The smallest absolute Gasteiger partial charge is 0.318 e. The Morgan fingerprint density at radius 3 is 2.76 bits per heavy atom. The monoisotopic (exact) mass is 347 g/mol. The second-order valence-corrected chi connectivity index (χ2v) is 7.77. The van der Waals surface area contributed by atoms with Crippen molar-refractivity contribution < 1.29 is 14.0 Å². The van der Waals surface area contributed by atoms with Crippen LogP contribution >= 0.6 is 0 Å². The third-order valence-electron chi connectivity index (χ3n) is 5.93. The summed E-state index contributed by atoms with van der Waals surface area (Å²) in [6.45, 7) is 4.08. The van der Waals surface area contributed by atoms with E-state index in [9.17, 15) is 9.59 Å². The van der Waals surface area contributed by atoms with Gasteiger partial charge in [-0.25, -0.2) is 0 Å². The van der Waals surface area contributed by atoms with Gasteiger partial charge in [-0.1, -0.05) is 5.10 Å². The largest absolute Gasteiger partial charge is 0.408 e. The van der Waals surface area contributed by atoms with Crippen LogP contribution in [-0.2, 0) is 9.59 Å². The second kappa shape index (κ2) is 6.31. The van der Waals surface area contributed by atoms with E-state index in [1.54, 1.807) is 6.92 Å². The maximum absolute atomic E-state index is 12.6. The maximum Gasteiger partial charge on any atom is 0.318 e. The van der Waals surface area contributed by atoms with Gasteiger partial charge in [-0.15, -0.1) is 5.10 Å². The molecule has 25 heavy (non-hydrogen) atoms. The molecule has 136 valence electrons. The van der Waals surface area contributed by atoms with Crippen LogP contribution in [0.2, 0.25) is 0 Å². The van der Waals surface area contributed by atoms with Crippen molar-refractivity contribution in [2.45, 2.75) is 51.5 Å². The van der Waals surface area contributed by atoms with Crippen LogP contribution in [0.25, 0.3) is 0 Å². The molecule has 1 atom stereocenters. The molecule has 1 aliphatic carbocycles. The highest BCUT2D eigenvalue weighted by molar-refractivity contribution is 5.80. The van der Waals surface area contributed by atoms with Crippen LogP contribution in [0.1, 0.15) is 44.4 Å². The third-order valence-corrected chi connectivity index (χ3v) is 5.93. The molecular weight excluding hydrogens is 322 g/mol. The zero-order valence-electron chi connectivity index (χ0n) is 14.6. The third kappa shape index (κ3) is 3.34. The van der Waals surface area contributed by atoms with E-state index in [1.165, 1.54) is 0 Å². The molecular formula is C17H25N5O3. The highest BCUT2D eigenvalue weighted by atomic mass is 16.4. The molecule has 1 aromatic rings. The first kappa shape index (κ1) is 16.4. The van der Waals surface area contributed by atoms with Crippen molar-refractivity contribution in [1.82, 2.24) is 20.8 Å². The van der Waals surface area contributed by atoms with E-state index in [4.69, 9.17) is 4.42 Å². The standard InChI is InChI=1S/C17H25N5O3/c1-11-20-21-16(25-11)22-7-4-13(9-22)19-15(24)12-2-5-17(6-3-12)8-14(23)18-10-17/h12-13H,2-10H2,1H3,(H,18,23)(H,19,24)/t12?,13-,17?/m1/s1. The minimum Gasteiger partial charge on any atom is -0.408 e. The Hall–Kier alpha value is -2.12. The van der Waals surface area contributed by atoms with E-state index in [-0.39, 0.29) is 29.2 Å². The second-order valence-electron chi connectivity index (χ2n) is 7.77. The molecule has 0 radical (unpaired) electrons. The Morgan fingerprint density at radius 1 is 1.32 bits per heavy atom. The summed E-state index contributed by atoms with van der Waals surface area (Å²) in [6, 6.07) is 0.664. The van der Waals surface area contributed by atoms with E-state index < -0.39 is 0 Å². The number of rotatable bonds is 3. The number of nitrogens with one attached hydrogen (secondary N) is 2. The van der Waals surface area contributed by atoms with Crippen molar-refractivity contribution in [3.63, 3.8) is 0 Å². The first-order chi connectivity index (χ1) is 12.0. The molecule has 3 aliphatic rings. The van der Waals surface area contributed by atoms with Crippen molar-refractivity contribution in [2.24, 2.45) is 11.3 Å². The fourth-order valence-electron chi connectivity index (χ4n) is 4.38. The summed E-state index contributed by atoms with van der Waals surface area (Å²) < 4.78 is 5.46. The summed E-state index contributed by atoms with van der Waals surface area (Å²) in [5, 5.41) is 14.0. The zero-order valence-corrected chi connectivity index (χ0v) is 14.6. The predicted molar refractivity (Wildman–Crippen MR) is 89.8 cm³/mol. The van der Waals surface area contributed by atoms with Gasteiger partial charge in [0.15, 0.2) is 0 Å². The molecule has 3 fully saturated rings. The Bertz CT molecular complexity index is 665. The summed E-state index contributed by atoms with van der Waals surface area (Å²) >= 11 is 0. The van der Waals surface area contributed by atoms with Gasteiger partial charge in [-0.2, -0.15) is 0 Å². The van der Waals surface area contributed by atoms with Crippen LogP contribution in [0.5, 0.6) is 0 Å². The molecule has 2 saturated heterocycles. The van der Waals surface area contributed by atoms with Crippen molar-refractivity contribution in [3.05, 3.63) is 5.89 Å². The minimum atomic E-state index is 0.0704. The highest BCUT2D eigenvalue weighted by Crippen LogP contribution is 2.43. The topological polar surface area (TPSA) is 100 Å². The predicted octanol–water partition coefficient (Wildman–Crippen LogP) is 0.769. The molecule has 8 heteroatoms. The Kier molecular flexibility index (Phi) is 4.13. The first-order valence-electron chi connectivity index (χ1n) is 9.15. The lowest BCUT2D eigenvalue weighted by Crippen LogP contribution is -2.43. The van der Waals surface area contributed by atoms with Crippen molar-refractivity contribution in [3.8, 4) is 0 Å². The number of anilines is 1. The lowest BCUT2D eigenvalue weighted by atomic mass is 9.69. The van der Waals surface area contributed by atoms with Crippen LogP contribution in [-0.4, -0.2) is 47.7 Å². The fourth-order valence-corrected chi connectivity index (χ4v) is 4.38. The van der Waals surface area contributed by atoms with Gasteiger partial charge in [0.05, 0.1) is 0 Å². The number of carbonyl (C=O) groups excluding carboxylic acids is 2. The van der Waals surface area contributed by atoms with Gasteiger partial charge < -0.3 is 20.0 Å². The fraction of sp³-hybridized carbons (Fsp3) is 0.765. The molecule has 2 aliphatic heterocycles. The van der Waals surface area contributed by atoms with Gasteiger partial charge in [0, 0.05) is 44.9 Å². The van der Waals surface area contributed by atoms with Gasteiger partial charge in [0.2, 0.25) is 17.7 Å². The van der Waals surface area contributed by atoms with E-state index in [1.807, 2.05) is 4.90 Å². The average Bonchev–Trinajstić information content (AvgIpc) is 3.30. The van der Waals surface area contributed by atoms with Crippen molar-refractivity contribution in [1.29, 1.82) is 0 Å². The average molecular weight is 347 g/mol. The number of hydrogen-bond donors (Lipinski definition) is 2. The van der Waals surface area contributed by atoms with Gasteiger partial charge in [0.25, 0.3) is 0 Å². The molecule has 0 aromatic carbocycles. The van der Waals surface area contributed by atoms with Gasteiger partial charge >= 0.3 is 6.01 Å². The zero-order chi connectivity index (χ0) is 17.4. The van der Waals surface area contributed by atoms with Crippen LogP contribution in [0.15, 0.2) is 4.42 Å². The molecule has 0 unspecified atom stereocenters. The summed E-state index contributed by atoms with van der Waals surface area (Å²) in [5.41, 5.74) is 0.105. The van der Waals surface area contributed by atoms with E-state index in [0.29, 0.717) is 24.9 Å². The normalized spacial score (nSPS) is 32.2. The molecule has 1 spiro atoms. The first-order valence-corrected chi connectivity index (χ1v) is 9.15. The molecule has 0 bridgehead atoms. The van der Waals surface area contributed by atoms with Crippen LogP contribution in [0.3, 0.4) is 0 Å². The maximum atomic E-state index is 12.6.